The molecule has 0 aliphatic rings. The van der Waals surface area contributed by atoms with Crippen LogP contribution in [0.2, 0.25) is 0 Å². The molecule has 0 heterocycles. The van der Waals surface area contributed by atoms with E-state index in [-0.39, 0.29) is 12.5 Å². The molecule has 0 aromatic carbocycles. The first kappa shape index (κ1) is 12.0. The normalized spacial score (nSPS) is 11.3. The minimum Gasteiger partial charge on any atom is -0.462 e. The first-order valence-corrected chi connectivity index (χ1v) is 5.38. The van der Waals surface area contributed by atoms with Gasteiger partial charge in [-0.05, 0) is 21.7 Å². The van der Waals surface area contributed by atoms with Gasteiger partial charge in [-0.25, -0.2) is 4.79 Å². The van der Waals surface area contributed by atoms with Gasteiger partial charge in [0.1, 0.15) is 6.61 Å². The van der Waals surface area contributed by atoms with Crippen molar-refractivity contribution < 1.29 is 9.53 Å². The van der Waals surface area contributed by atoms with E-state index in [2.05, 4.69) is 4.74 Å². The second kappa shape index (κ2) is 5.60. The van der Waals surface area contributed by atoms with Crippen molar-refractivity contribution in [1.82, 2.24) is 0 Å². The van der Waals surface area contributed by atoms with Crippen LogP contribution in [0.3, 0.4) is 0 Å². The smallest absolute Gasteiger partial charge is 0.354 e. The van der Waals surface area contributed by atoms with Crippen molar-refractivity contribution in [2.75, 3.05) is 12.5 Å². The molecule has 0 amide bonds. The number of halogens is 4. The van der Waals surface area contributed by atoms with Crippen LogP contribution in [0.4, 0.5) is 0 Å². The molecule has 0 saturated heterocycles. The molecule has 7 heteroatoms. The molecule has 0 atom stereocenters. The van der Waals surface area contributed by atoms with Crippen molar-refractivity contribution in [3.05, 3.63) is 0 Å². The van der Waals surface area contributed by atoms with Crippen LogP contribution < -0.4 is 0 Å². The summed E-state index contributed by atoms with van der Waals surface area (Å²) in [5.74, 6) is -0.607. The summed E-state index contributed by atoms with van der Waals surface area (Å²) in [7, 11) is 5.66. The Morgan fingerprint density at radius 2 is 2.09 bits per heavy atom. The van der Waals surface area contributed by atoms with E-state index in [0.29, 0.717) is 11.0 Å². The zero-order valence-corrected chi connectivity index (χ0v) is 8.99. The number of hydrogen-bond donors (Lipinski definition) is 0. The SMILES string of the molecule is O=C(OCCCl)C(Cl)(Cl)SCl. The summed E-state index contributed by atoms with van der Waals surface area (Å²) >= 11 is 16.0. The third-order valence-corrected chi connectivity index (χ3v) is 3.10. The van der Waals surface area contributed by atoms with Gasteiger partial charge in [0, 0.05) is 0 Å². The first-order valence-electron chi connectivity index (χ1n) is 2.45. The van der Waals surface area contributed by atoms with Crippen LogP contribution in [0, 0.1) is 0 Å². The molecule has 0 aromatic rings. The van der Waals surface area contributed by atoms with Crippen molar-refractivity contribution in [3.8, 4) is 0 Å². The van der Waals surface area contributed by atoms with E-state index in [0.717, 1.165) is 0 Å². The van der Waals surface area contributed by atoms with Crippen LogP contribution in [-0.4, -0.2) is 22.1 Å². The maximum Gasteiger partial charge on any atom is 0.354 e. The van der Waals surface area contributed by atoms with Gasteiger partial charge in [-0.3, -0.25) is 0 Å². The van der Waals surface area contributed by atoms with Crippen LogP contribution >= 0.6 is 56.5 Å². The standard InChI is InChI=1S/C4H4Cl4O2S/c5-1-2-10-3(9)4(6,7)11-8/h1-2H2. The lowest BCUT2D eigenvalue weighted by molar-refractivity contribution is -0.141. The van der Waals surface area contributed by atoms with E-state index in [9.17, 15) is 4.79 Å². The molecule has 0 rings (SSSR count). The summed E-state index contributed by atoms with van der Waals surface area (Å²) in [6.07, 6.45) is 0. The average Bonchev–Trinajstić information content (AvgIpc) is 2.00. The fraction of sp³-hybridized carbons (Fsp3) is 0.750. The summed E-state index contributed by atoms with van der Waals surface area (Å²) in [4.78, 5) is 10.8. The summed E-state index contributed by atoms with van der Waals surface area (Å²) in [5.41, 5.74) is 0. The Bertz CT molecular complexity index is 140. The number of ether oxygens (including phenoxy) is 1. The zero-order valence-electron chi connectivity index (χ0n) is 5.15. The molecule has 11 heavy (non-hydrogen) atoms. The van der Waals surface area contributed by atoms with Gasteiger partial charge in [-0.2, -0.15) is 0 Å². The van der Waals surface area contributed by atoms with Gasteiger partial charge < -0.3 is 4.74 Å². The van der Waals surface area contributed by atoms with Crippen molar-refractivity contribution in [2.45, 2.75) is 3.67 Å². The topological polar surface area (TPSA) is 26.3 Å². The monoisotopic (exact) mass is 256 g/mol. The molecule has 0 unspecified atom stereocenters. The third-order valence-electron chi connectivity index (χ3n) is 0.645. The first-order chi connectivity index (χ1) is 5.04. The summed E-state index contributed by atoms with van der Waals surface area (Å²) in [5, 5.41) is 0. The maximum absolute atomic E-state index is 10.8. The Kier molecular flexibility index (Phi) is 6.09. The third kappa shape index (κ3) is 4.53. The number of hydrogen-bond acceptors (Lipinski definition) is 3. The highest BCUT2D eigenvalue weighted by molar-refractivity contribution is 8.24. The van der Waals surface area contributed by atoms with E-state index in [1.54, 1.807) is 0 Å². The number of alkyl halides is 3. The molecule has 0 saturated carbocycles. The molecule has 0 spiro atoms. The van der Waals surface area contributed by atoms with Gasteiger partial charge >= 0.3 is 5.97 Å². The predicted molar refractivity (Wildman–Crippen MR) is 49.6 cm³/mol. The highest BCUT2D eigenvalue weighted by Crippen LogP contribution is 2.38. The predicted octanol–water partition coefficient (Wildman–Crippen LogP) is 2.79. The molecule has 0 bridgehead atoms. The van der Waals surface area contributed by atoms with Gasteiger partial charge in [0.25, 0.3) is 3.67 Å². The van der Waals surface area contributed by atoms with E-state index >= 15 is 0 Å². The molecule has 66 valence electrons. The molecular weight excluding hydrogens is 254 g/mol. The van der Waals surface area contributed by atoms with Gasteiger partial charge in [-0.1, -0.05) is 23.2 Å². The fourth-order valence-electron chi connectivity index (χ4n) is 0.247. The lowest BCUT2D eigenvalue weighted by atomic mass is 10.7. The van der Waals surface area contributed by atoms with E-state index < -0.39 is 9.63 Å². The van der Waals surface area contributed by atoms with Crippen molar-refractivity contribution >= 4 is 62.4 Å². The number of esters is 1. The minimum absolute atomic E-state index is 0.0685. The number of carbonyl (C=O) groups excluding carboxylic acids is 1. The Balaban J connectivity index is 3.82. The summed E-state index contributed by atoms with van der Waals surface area (Å²) in [6.45, 7) is 0.0685. The molecule has 0 fully saturated rings. The average molecular weight is 258 g/mol. The minimum atomic E-state index is -1.74. The van der Waals surface area contributed by atoms with E-state index in [4.69, 9.17) is 45.5 Å². The second-order valence-corrected chi connectivity index (χ2v) is 4.80. The van der Waals surface area contributed by atoms with Crippen LogP contribution in [0.25, 0.3) is 0 Å². The van der Waals surface area contributed by atoms with Crippen LogP contribution in [0.5, 0.6) is 0 Å². The molecule has 2 nitrogen and oxygen atoms in total. The maximum atomic E-state index is 10.8. The molecule has 0 radical (unpaired) electrons. The van der Waals surface area contributed by atoms with Gasteiger partial charge in [-0.15, -0.1) is 11.6 Å². The highest BCUT2D eigenvalue weighted by Gasteiger charge is 2.36. The quantitative estimate of drug-likeness (QED) is 0.572. The van der Waals surface area contributed by atoms with Crippen LogP contribution in [-0.2, 0) is 9.53 Å². The molecule has 0 N–H and O–H groups in total. The lowest BCUT2D eigenvalue weighted by Gasteiger charge is -2.12. The molecule has 0 aromatic heterocycles. The highest BCUT2D eigenvalue weighted by atomic mass is 35.7. The van der Waals surface area contributed by atoms with E-state index in [1.165, 1.54) is 0 Å². The molecular formula is C4H4Cl4O2S. The molecule has 0 aliphatic carbocycles. The summed E-state index contributed by atoms with van der Waals surface area (Å²) < 4.78 is 2.76. The van der Waals surface area contributed by atoms with Crippen LogP contribution in [0.15, 0.2) is 0 Å². The van der Waals surface area contributed by atoms with Gasteiger partial charge in [0.05, 0.1) is 5.88 Å². The Morgan fingerprint density at radius 3 is 2.45 bits per heavy atom. The Labute approximate surface area is 87.9 Å². The second-order valence-electron chi connectivity index (χ2n) is 1.42. The van der Waals surface area contributed by atoms with Gasteiger partial charge in [0.15, 0.2) is 0 Å². The Morgan fingerprint density at radius 1 is 1.55 bits per heavy atom. The van der Waals surface area contributed by atoms with Crippen molar-refractivity contribution in [2.24, 2.45) is 0 Å². The number of carbonyl (C=O) groups is 1. The fourth-order valence-corrected chi connectivity index (χ4v) is 0.744. The zero-order chi connectivity index (χ0) is 8.91. The van der Waals surface area contributed by atoms with Crippen molar-refractivity contribution in [1.29, 1.82) is 0 Å². The molecule has 0 aliphatic heterocycles. The largest absolute Gasteiger partial charge is 0.462 e. The van der Waals surface area contributed by atoms with E-state index in [1.807, 2.05) is 0 Å². The summed E-state index contributed by atoms with van der Waals surface area (Å²) in [6, 6.07) is 0. The van der Waals surface area contributed by atoms with Gasteiger partial charge in [0.2, 0.25) is 0 Å². The Hall–Kier alpha value is 0.980. The van der Waals surface area contributed by atoms with Crippen LogP contribution in [0.1, 0.15) is 0 Å². The number of rotatable bonds is 4. The van der Waals surface area contributed by atoms with Crippen molar-refractivity contribution in [3.63, 3.8) is 0 Å². The lowest BCUT2D eigenvalue weighted by Crippen LogP contribution is -2.24.